The number of hydrogen-bond donors (Lipinski definition) is 0. The minimum Gasteiger partial charge on any atom is -0.0999 e. The molecule has 0 aromatic rings. The van der Waals surface area contributed by atoms with Gasteiger partial charge in [-0.1, -0.05) is 110 Å². The van der Waals surface area contributed by atoms with E-state index in [1.54, 1.807) is 12.2 Å². The molecule has 34 heavy (non-hydrogen) atoms. The largest absolute Gasteiger partial charge is 0.0999 e. The summed E-state index contributed by atoms with van der Waals surface area (Å²) in [5.74, 6) is 0. The topological polar surface area (TPSA) is 0 Å². The van der Waals surface area contributed by atoms with E-state index in [0.29, 0.717) is 0 Å². The molecule has 0 aliphatic heterocycles. The molecule has 0 bridgehead atoms. The van der Waals surface area contributed by atoms with E-state index in [4.69, 9.17) is 0 Å². The molecule has 0 fully saturated rings. The van der Waals surface area contributed by atoms with Crippen LogP contribution in [0.2, 0.25) is 0 Å². The second-order valence-corrected chi connectivity index (χ2v) is 9.50. The normalized spacial score (nSPS) is 10.6. The van der Waals surface area contributed by atoms with Crippen molar-refractivity contribution in [3.63, 3.8) is 0 Å². The first kappa shape index (κ1) is 36.5. The van der Waals surface area contributed by atoms with E-state index in [0.717, 1.165) is 38.5 Å². The molecule has 194 valence electrons. The Kier molecular flexibility index (Phi) is 29.2. The highest BCUT2D eigenvalue weighted by Gasteiger charge is 1.92. The summed E-state index contributed by atoms with van der Waals surface area (Å²) in [6.45, 7) is 32.2. The summed E-state index contributed by atoms with van der Waals surface area (Å²) in [5.41, 5.74) is 8.59. The molecule has 0 N–H and O–H groups in total. The molecule has 0 unspecified atom stereocenters. The van der Waals surface area contributed by atoms with E-state index in [1.165, 1.54) is 59.1 Å². The summed E-state index contributed by atoms with van der Waals surface area (Å²) in [6, 6.07) is 0. The zero-order valence-electron chi connectivity index (χ0n) is 24.4. The summed E-state index contributed by atoms with van der Waals surface area (Å²) in [6.07, 6.45) is 24.2. The van der Waals surface area contributed by atoms with Gasteiger partial charge >= 0.3 is 0 Å². The lowest BCUT2D eigenvalue weighted by Gasteiger charge is -2.01. The summed E-state index contributed by atoms with van der Waals surface area (Å²) in [4.78, 5) is 0. The van der Waals surface area contributed by atoms with Gasteiger partial charge in [0, 0.05) is 0 Å². The van der Waals surface area contributed by atoms with Crippen LogP contribution >= 0.6 is 0 Å². The fourth-order valence-electron chi connectivity index (χ4n) is 2.78. The number of rotatable bonds is 15. The SMILES string of the molecule is C=C(CC)CC/C=C(\C)CCC=C(C)C.C=C(CC)CC/C=C(\C)CCC=C(C)C.C=CC=C. The molecule has 0 aliphatic carbocycles. The molecule has 0 spiro atoms. The predicted octanol–water partition coefficient (Wildman–Crippen LogP) is 12.2. The van der Waals surface area contributed by atoms with Crippen LogP contribution in [0.15, 0.2) is 96.2 Å². The van der Waals surface area contributed by atoms with Crippen molar-refractivity contribution in [3.8, 4) is 0 Å². The van der Waals surface area contributed by atoms with E-state index in [1.807, 2.05) is 0 Å². The van der Waals surface area contributed by atoms with Crippen LogP contribution in [0.25, 0.3) is 0 Å². The van der Waals surface area contributed by atoms with E-state index < -0.39 is 0 Å². The Balaban J connectivity index is -0.000000488. The molecular weight excluding hydrogens is 408 g/mol. The van der Waals surface area contributed by atoms with Gasteiger partial charge in [-0.3, -0.25) is 0 Å². The van der Waals surface area contributed by atoms with Crippen LogP contribution < -0.4 is 0 Å². The minimum atomic E-state index is 1.12. The molecule has 0 nitrogen and oxygen atoms in total. The summed E-state index contributed by atoms with van der Waals surface area (Å²) in [5, 5.41) is 0. The zero-order valence-corrected chi connectivity index (χ0v) is 24.4. The van der Waals surface area contributed by atoms with E-state index in [9.17, 15) is 0 Å². The maximum absolute atomic E-state index is 4.02. The third kappa shape index (κ3) is 34.5. The fourth-order valence-corrected chi connectivity index (χ4v) is 2.78. The molecule has 0 atom stereocenters. The van der Waals surface area contributed by atoms with Crippen LogP contribution in [0.3, 0.4) is 0 Å². The second kappa shape index (κ2) is 27.2. The van der Waals surface area contributed by atoms with Crippen molar-refractivity contribution >= 4 is 0 Å². The monoisotopic (exact) mass is 466 g/mol. The smallest absolute Gasteiger partial charge is 0.0288 e. The number of hydrogen-bond acceptors (Lipinski definition) is 0. The van der Waals surface area contributed by atoms with Gasteiger partial charge in [0.25, 0.3) is 0 Å². The van der Waals surface area contributed by atoms with Crippen molar-refractivity contribution in [3.05, 3.63) is 96.2 Å². The summed E-state index contributed by atoms with van der Waals surface area (Å²) < 4.78 is 0. The first-order valence-electron chi connectivity index (χ1n) is 13.2. The van der Waals surface area contributed by atoms with Gasteiger partial charge in [-0.05, 0) is 106 Å². The lowest BCUT2D eigenvalue weighted by molar-refractivity contribution is 0.889. The van der Waals surface area contributed by atoms with Gasteiger partial charge in [0.2, 0.25) is 0 Å². The first-order valence-corrected chi connectivity index (χ1v) is 13.2. The Labute approximate surface area is 215 Å². The fraction of sp³-hybridized carbons (Fsp3) is 0.529. The summed E-state index contributed by atoms with van der Waals surface area (Å²) in [7, 11) is 0. The van der Waals surface area contributed by atoms with Gasteiger partial charge in [-0.25, -0.2) is 0 Å². The van der Waals surface area contributed by atoms with Crippen LogP contribution in [0, 0.1) is 0 Å². The molecule has 0 saturated heterocycles. The van der Waals surface area contributed by atoms with Crippen molar-refractivity contribution in [2.24, 2.45) is 0 Å². The lowest BCUT2D eigenvalue weighted by Crippen LogP contribution is -1.81. The molecular formula is C34H58. The van der Waals surface area contributed by atoms with Crippen LogP contribution in [0.4, 0.5) is 0 Å². The van der Waals surface area contributed by atoms with Crippen molar-refractivity contribution in [2.45, 2.75) is 120 Å². The average molecular weight is 467 g/mol. The van der Waals surface area contributed by atoms with E-state index in [-0.39, 0.29) is 0 Å². The van der Waals surface area contributed by atoms with Crippen LogP contribution in [0.5, 0.6) is 0 Å². The van der Waals surface area contributed by atoms with Gasteiger partial charge in [-0.2, -0.15) is 0 Å². The Hall–Kier alpha value is -2.08. The standard InChI is InChI=1S/2C15H26.C4H6/c2*1-6-14(4)10-8-12-15(5)11-7-9-13(2)3;1-3-4-2/h2*9,12H,4,6-8,10-11H2,1-3,5H3;3-4H,1-2H2/b2*15-12+;. The number of allylic oxidation sites excluding steroid dienone is 12. The molecule has 0 heterocycles. The highest BCUT2D eigenvalue weighted by Crippen LogP contribution is 2.13. The van der Waals surface area contributed by atoms with Gasteiger partial charge in [0.15, 0.2) is 0 Å². The average Bonchev–Trinajstić information content (AvgIpc) is 2.78. The molecule has 0 aromatic carbocycles. The molecule has 0 radical (unpaired) electrons. The van der Waals surface area contributed by atoms with Gasteiger partial charge in [-0.15, -0.1) is 0 Å². The van der Waals surface area contributed by atoms with Crippen LogP contribution in [-0.4, -0.2) is 0 Å². The Morgan fingerprint density at radius 2 is 0.794 bits per heavy atom. The third-order valence-corrected chi connectivity index (χ3v) is 5.33. The maximum atomic E-state index is 4.02. The van der Waals surface area contributed by atoms with E-state index in [2.05, 4.69) is 106 Å². The van der Waals surface area contributed by atoms with Crippen molar-refractivity contribution < 1.29 is 0 Å². The van der Waals surface area contributed by atoms with Crippen molar-refractivity contribution in [2.75, 3.05) is 0 Å². The highest BCUT2D eigenvalue weighted by molar-refractivity contribution is 5.05. The summed E-state index contributed by atoms with van der Waals surface area (Å²) >= 11 is 0. The van der Waals surface area contributed by atoms with Crippen LogP contribution in [-0.2, 0) is 0 Å². The quantitative estimate of drug-likeness (QED) is 0.166. The van der Waals surface area contributed by atoms with Crippen LogP contribution in [0.1, 0.15) is 120 Å². The molecule has 0 rings (SSSR count). The van der Waals surface area contributed by atoms with Gasteiger partial charge < -0.3 is 0 Å². The predicted molar refractivity (Wildman–Crippen MR) is 163 cm³/mol. The van der Waals surface area contributed by atoms with Gasteiger partial charge in [0.1, 0.15) is 0 Å². The second-order valence-electron chi connectivity index (χ2n) is 9.50. The third-order valence-electron chi connectivity index (χ3n) is 5.33. The van der Waals surface area contributed by atoms with Gasteiger partial charge in [0.05, 0.1) is 0 Å². The Bertz CT molecular complexity index is 605. The first-order chi connectivity index (χ1) is 16.0. The molecule has 0 saturated carbocycles. The minimum absolute atomic E-state index is 1.12. The molecule has 0 heteroatoms. The van der Waals surface area contributed by atoms with Crippen molar-refractivity contribution in [1.82, 2.24) is 0 Å². The lowest BCUT2D eigenvalue weighted by atomic mass is 10.1. The zero-order chi connectivity index (χ0) is 26.8. The Morgan fingerprint density at radius 1 is 0.500 bits per heavy atom. The molecule has 0 aliphatic rings. The Morgan fingerprint density at radius 3 is 1.03 bits per heavy atom. The van der Waals surface area contributed by atoms with Crippen molar-refractivity contribution in [1.29, 1.82) is 0 Å². The molecule has 0 aromatic heterocycles. The van der Waals surface area contributed by atoms with E-state index >= 15 is 0 Å². The molecule has 0 amide bonds. The highest BCUT2D eigenvalue weighted by atomic mass is 14.0. The maximum Gasteiger partial charge on any atom is -0.0288 e.